The van der Waals surface area contributed by atoms with Crippen molar-refractivity contribution in [1.29, 1.82) is 0 Å². The molecule has 2 heterocycles. The zero-order chi connectivity index (χ0) is 85.3. The molecule has 0 aliphatic rings. The van der Waals surface area contributed by atoms with Crippen molar-refractivity contribution < 1.29 is 8.83 Å². The molecule has 0 saturated carbocycles. The smallest absolute Gasteiger partial charge is 0.135 e. The van der Waals surface area contributed by atoms with Crippen LogP contribution in [-0.4, -0.2) is 0 Å². The Hall–Kier alpha value is -17.1. The second-order valence-corrected chi connectivity index (χ2v) is 31.9. The molecule has 23 aromatic rings. The van der Waals surface area contributed by atoms with Gasteiger partial charge in [0.2, 0.25) is 0 Å². The summed E-state index contributed by atoms with van der Waals surface area (Å²) in [5.74, 6) is 0. The van der Waals surface area contributed by atoms with Crippen LogP contribution in [0.4, 0.5) is 68.2 Å². The summed E-state index contributed by atoms with van der Waals surface area (Å²) in [7, 11) is 0. The van der Waals surface area contributed by atoms with Gasteiger partial charge in [0.25, 0.3) is 0 Å². The minimum absolute atomic E-state index is 0.897. The van der Waals surface area contributed by atoms with E-state index in [4.69, 9.17) is 8.83 Å². The molecule has 0 atom stereocenters. The summed E-state index contributed by atoms with van der Waals surface area (Å²) >= 11 is 0. The highest BCUT2D eigenvalue weighted by Gasteiger charge is 2.22. The van der Waals surface area contributed by atoms with Crippen LogP contribution in [0.2, 0.25) is 0 Å². The third kappa shape index (κ3) is 16.3. The Kier molecular flexibility index (Phi) is 21.9. The highest BCUT2D eigenvalue weighted by atomic mass is 16.3. The zero-order valence-corrected chi connectivity index (χ0v) is 70.3. The lowest BCUT2D eigenvalue weighted by molar-refractivity contribution is 0.668. The zero-order valence-electron chi connectivity index (χ0n) is 70.3. The van der Waals surface area contributed by atoms with E-state index in [0.717, 1.165) is 112 Å². The maximum absolute atomic E-state index is 6.11. The summed E-state index contributed by atoms with van der Waals surface area (Å²) in [6.07, 6.45) is 0. The third-order valence-electron chi connectivity index (χ3n) is 24.0. The molecule has 0 unspecified atom stereocenters. The number of rotatable bonds is 18. The topological polar surface area (TPSA) is 39.2 Å². The molecule has 0 aliphatic heterocycles. The Morgan fingerprint density at radius 2 is 0.328 bits per heavy atom. The largest absolute Gasteiger partial charge is 0.456 e. The third-order valence-corrected chi connectivity index (χ3v) is 24.0. The molecule has 0 radical (unpaired) electrons. The van der Waals surface area contributed by atoms with Gasteiger partial charge in [0.1, 0.15) is 22.3 Å². The van der Waals surface area contributed by atoms with Crippen molar-refractivity contribution >= 4 is 134 Å². The van der Waals surface area contributed by atoms with Crippen LogP contribution in [0.1, 0.15) is 0 Å². The van der Waals surface area contributed by atoms with E-state index in [2.05, 4.69) is 517 Å². The van der Waals surface area contributed by atoms with Gasteiger partial charge in [0, 0.05) is 89.2 Å². The molecule has 606 valence electrons. The van der Waals surface area contributed by atoms with Gasteiger partial charge in [0.15, 0.2) is 0 Å². The fourth-order valence-corrected chi connectivity index (χ4v) is 17.6. The predicted octanol–water partition coefficient (Wildman–Crippen LogP) is 35.0. The van der Waals surface area contributed by atoms with E-state index >= 15 is 0 Å². The van der Waals surface area contributed by atoms with E-state index in [1.54, 1.807) is 0 Å². The molecule has 23 rings (SSSR count). The number of hydrogen-bond donors (Lipinski definition) is 0. The Bertz CT molecular complexity index is 7390. The fraction of sp³-hybridized carbons (Fsp3) is 0. The fourth-order valence-electron chi connectivity index (χ4n) is 17.6. The van der Waals surface area contributed by atoms with Gasteiger partial charge in [-0.2, -0.15) is 0 Å². The van der Waals surface area contributed by atoms with Crippen LogP contribution in [-0.2, 0) is 0 Å². The highest BCUT2D eigenvalue weighted by molar-refractivity contribution is 6.08. The maximum atomic E-state index is 6.11. The van der Waals surface area contributed by atoms with Crippen LogP contribution in [0.15, 0.2) is 531 Å². The minimum Gasteiger partial charge on any atom is -0.456 e. The summed E-state index contributed by atoms with van der Waals surface area (Å²) in [6, 6.07) is 185. The standard InChI is InChI=1S/C44H32N2.C42H29NO.C36H25NO/c1-3-17-37(18-4-1)45(43-23-11-15-35-13-7-9-21-41(35)43)39-29-25-33(26-30-39)34-27-31-40(32-28-34)46(38-19-5-2-6-20-38)44-24-12-16-36-14-8-10-22-42(36)44;1-3-9-30(10-4-1)32-15-22-36(23-16-32)43(37-24-17-33(18-25-37)31-11-5-2-6-12-31)38-26-19-34(20-27-38)35-21-28-42-40(29-35)39-13-7-8-14-41(39)44-42;1-3-9-26(10-4-1)28-15-19-30(20-16-28)37(31-21-17-29(18-22-31)27-11-5-2-6-12-27)32-23-24-36-34(25-32)33-13-7-8-14-35(33)38-36/h1-32H;1-29H;1-25H. The number of fused-ring (bicyclic) bond motifs is 8. The molecule has 2 aromatic heterocycles. The second-order valence-electron chi connectivity index (χ2n) is 31.9. The van der Waals surface area contributed by atoms with Gasteiger partial charge in [-0.3, -0.25) is 0 Å². The molecule has 6 nitrogen and oxygen atoms in total. The number of hydrogen-bond acceptors (Lipinski definition) is 6. The van der Waals surface area contributed by atoms with E-state index in [0.29, 0.717) is 0 Å². The van der Waals surface area contributed by atoms with Crippen molar-refractivity contribution in [1.82, 2.24) is 0 Å². The molecule has 0 aliphatic carbocycles. The first-order chi connectivity index (χ1) is 63.5. The molecule has 0 N–H and O–H groups in total. The molecular formula is C122H86N4O2. The summed E-state index contributed by atoms with van der Waals surface area (Å²) in [6.45, 7) is 0. The van der Waals surface area contributed by atoms with Crippen molar-refractivity contribution in [2.24, 2.45) is 0 Å². The lowest BCUT2D eigenvalue weighted by Gasteiger charge is -2.27. The molecule has 0 fully saturated rings. The maximum Gasteiger partial charge on any atom is 0.135 e. The van der Waals surface area contributed by atoms with Gasteiger partial charge < -0.3 is 28.4 Å². The first-order valence-electron chi connectivity index (χ1n) is 43.5. The van der Waals surface area contributed by atoms with Crippen LogP contribution in [0.25, 0.3) is 132 Å². The highest BCUT2D eigenvalue weighted by Crippen LogP contribution is 2.46. The molecule has 0 amide bonds. The van der Waals surface area contributed by atoms with Crippen LogP contribution in [0.5, 0.6) is 0 Å². The Labute approximate surface area is 745 Å². The van der Waals surface area contributed by atoms with Crippen molar-refractivity contribution in [2.45, 2.75) is 0 Å². The molecule has 0 saturated heterocycles. The van der Waals surface area contributed by atoms with Gasteiger partial charge in [-0.15, -0.1) is 0 Å². The van der Waals surface area contributed by atoms with Crippen LogP contribution >= 0.6 is 0 Å². The Morgan fingerprint density at radius 1 is 0.117 bits per heavy atom. The number of furan rings is 2. The monoisotopic (exact) mass is 1640 g/mol. The van der Waals surface area contributed by atoms with Crippen LogP contribution in [0.3, 0.4) is 0 Å². The van der Waals surface area contributed by atoms with Crippen LogP contribution < -0.4 is 19.6 Å². The van der Waals surface area contributed by atoms with Crippen molar-refractivity contribution in [2.75, 3.05) is 19.6 Å². The number of para-hydroxylation sites is 4. The van der Waals surface area contributed by atoms with Gasteiger partial charge in [-0.05, 0) is 241 Å². The van der Waals surface area contributed by atoms with Crippen LogP contribution in [0, 0.1) is 0 Å². The summed E-state index contributed by atoms with van der Waals surface area (Å²) in [5.41, 5.74) is 31.4. The average molecular weight is 1640 g/mol. The Balaban J connectivity index is 0.000000117. The SMILES string of the molecule is c1ccc(-c2ccc(N(c3ccc(-c4ccccc4)cc3)c3ccc(-c4ccc5oc6ccccc6c5c4)cc3)cc2)cc1.c1ccc(-c2ccc(N(c3ccc(-c4ccccc4)cc3)c3ccc4oc5ccccc5c4c3)cc2)cc1.c1ccc(N(c2ccc(-c3ccc(N(c4ccccc4)c4cccc5ccccc45)cc3)cc2)c2cccc3ccccc23)cc1. The van der Waals surface area contributed by atoms with Gasteiger partial charge in [-0.1, -0.05) is 358 Å². The number of nitrogens with zero attached hydrogens (tertiary/aromatic N) is 4. The first kappa shape index (κ1) is 78.2. The lowest BCUT2D eigenvalue weighted by atomic mass is 10.0. The predicted molar refractivity (Wildman–Crippen MR) is 540 cm³/mol. The van der Waals surface area contributed by atoms with E-state index in [1.807, 2.05) is 24.3 Å². The van der Waals surface area contributed by atoms with E-state index < -0.39 is 0 Å². The average Bonchev–Trinajstić information content (AvgIpc) is 1.73. The molecule has 21 aromatic carbocycles. The molecular weight excluding hydrogens is 1550 g/mol. The second kappa shape index (κ2) is 35.8. The summed E-state index contributed by atoms with van der Waals surface area (Å²) in [4.78, 5) is 9.32. The van der Waals surface area contributed by atoms with Gasteiger partial charge in [-0.25, -0.2) is 0 Å². The summed E-state index contributed by atoms with van der Waals surface area (Å²) < 4.78 is 12.2. The molecule has 0 spiro atoms. The van der Waals surface area contributed by atoms with Gasteiger partial charge >= 0.3 is 0 Å². The Morgan fingerprint density at radius 3 is 0.664 bits per heavy atom. The minimum atomic E-state index is 0.897. The van der Waals surface area contributed by atoms with Crippen molar-refractivity contribution in [3.05, 3.63) is 522 Å². The van der Waals surface area contributed by atoms with E-state index in [-0.39, 0.29) is 0 Å². The lowest BCUT2D eigenvalue weighted by Crippen LogP contribution is -2.10. The van der Waals surface area contributed by atoms with E-state index in [1.165, 1.54) is 88.3 Å². The first-order valence-corrected chi connectivity index (χ1v) is 43.5. The normalized spacial score (nSPS) is 11.1. The van der Waals surface area contributed by atoms with Crippen molar-refractivity contribution in [3.63, 3.8) is 0 Å². The number of anilines is 12. The van der Waals surface area contributed by atoms with Gasteiger partial charge in [0.05, 0.1) is 11.4 Å². The molecule has 6 heteroatoms. The quantitative estimate of drug-likeness (QED) is 0.0853. The van der Waals surface area contributed by atoms with E-state index in [9.17, 15) is 0 Å². The molecule has 128 heavy (non-hydrogen) atoms. The molecule has 0 bridgehead atoms. The van der Waals surface area contributed by atoms with Crippen molar-refractivity contribution in [3.8, 4) is 66.8 Å². The number of benzene rings is 21. The summed E-state index contributed by atoms with van der Waals surface area (Å²) in [5, 5.41) is 9.43.